The van der Waals surface area contributed by atoms with Gasteiger partial charge in [-0.1, -0.05) is 12.2 Å². The van der Waals surface area contributed by atoms with Crippen molar-refractivity contribution < 1.29 is 9.18 Å². The fraction of sp³-hybridized carbons (Fsp3) is 0.300. The number of nitrogens with one attached hydrogen (secondary N) is 1. The minimum absolute atomic E-state index is 0.0372. The third-order valence-electron chi connectivity index (χ3n) is 1.90. The average molecular weight is 241 g/mol. The fourth-order valence-corrected chi connectivity index (χ4v) is 1.46. The summed E-state index contributed by atoms with van der Waals surface area (Å²) in [4.78, 5) is 15.5. The van der Waals surface area contributed by atoms with E-state index in [1.54, 1.807) is 6.92 Å². The Balaban J connectivity index is 2.66. The monoisotopic (exact) mass is 241 g/mol. The third kappa shape index (κ3) is 3.54. The number of aromatic nitrogens is 1. The molecule has 1 rings (SSSR count). The van der Waals surface area contributed by atoms with Gasteiger partial charge in [-0.25, -0.2) is 4.39 Å². The summed E-state index contributed by atoms with van der Waals surface area (Å²) in [5.41, 5.74) is 5.30. The van der Waals surface area contributed by atoms with Crippen LogP contribution in [0.4, 0.5) is 4.39 Å². The van der Waals surface area contributed by atoms with Crippen molar-refractivity contribution in [3.63, 3.8) is 0 Å². The van der Waals surface area contributed by atoms with Crippen LogP contribution in [0.15, 0.2) is 18.5 Å². The highest BCUT2D eigenvalue weighted by molar-refractivity contribution is 7.80. The molecule has 0 radical (unpaired) electrons. The van der Waals surface area contributed by atoms with E-state index in [9.17, 15) is 9.18 Å². The molecule has 0 fully saturated rings. The zero-order chi connectivity index (χ0) is 12.1. The van der Waals surface area contributed by atoms with E-state index in [1.807, 2.05) is 0 Å². The van der Waals surface area contributed by atoms with E-state index in [0.717, 1.165) is 6.20 Å². The van der Waals surface area contributed by atoms with Gasteiger partial charge < -0.3 is 11.1 Å². The number of rotatable bonds is 4. The Morgan fingerprint density at radius 3 is 3.00 bits per heavy atom. The summed E-state index contributed by atoms with van der Waals surface area (Å²) in [6, 6.07) is 1.09. The number of nitrogens with zero attached hydrogens (tertiary/aromatic N) is 1. The molecule has 6 heteroatoms. The summed E-state index contributed by atoms with van der Waals surface area (Å²) in [7, 11) is 0. The maximum Gasteiger partial charge on any atom is 0.254 e. The molecule has 16 heavy (non-hydrogen) atoms. The number of halogens is 1. The van der Waals surface area contributed by atoms with Crippen LogP contribution in [0.5, 0.6) is 0 Å². The standard InChI is InChI=1S/C10H12FN3OS/c1-6(4-9(12)16)14-10(15)7-2-3-13-5-8(7)11/h2-3,5-6H,4H2,1H3,(H2,12,16)(H,14,15). The molecule has 3 N–H and O–H groups in total. The molecule has 0 aliphatic rings. The van der Waals surface area contributed by atoms with Crippen LogP contribution in [0.25, 0.3) is 0 Å². The quantitative estimate of drug-likeness (QED) is 0.772. The van der Waals surface area contributed by atoms with E-state index >= 15 is 0 Å². The normalized spacial score (nSPS) is 11.9. The van der Waals surface area contributed by atoms with Gasteiger partial charge in [-0.05, 0) is 13.0 Å². The number of hydrogen-bond acceptors (Lipinski definition) is 3. The van der Waals surface area contributed by atoms with E-state index in [0.29, 0.717) is 11.4 Å². The van der Waals surface area contributed by atoms with Gasteiger partial charge >= 0.3 is 0 Å². The number of carbonyl (C=O) groups is 1. The Morgan fingerprint density at radius 2 is 2.44 bits per heavy atom. The van der Waals surface area contributed by atoms with Gasteiger partial charge in [-0.2, -0.15) is 0 Å². The Bertz CT molecular complexity index is 411. The zero-order valence-corrected chi connectivity index (χ0v) is 9.55. The topological polar surface area (TPSA) is 68.0 Å². The van der Waals surface area contributed by atoms with Crippen molar-refractivity contribution in [1.82, 2.24) is 10.3 Å². The van der Waals surface area contributed by atoms with Crippen LogP contribution >= 0.6 is 12.2 Å². The molecule has 1 aromatic rings. The van der Waals surface area contributed by atoms with Crippen LogP contribution in [-0.4, -0.2) is 21.9 Å². The second-order valence-corrected chi connectivity index (χ2v) is 3.92. The molecule has 0 bridgehead atoms. The minimum atomic E-state index is -0.650. The minimum Gasteiger partial charge on any atom is -0.393 e. The first-order valence-electron chi connectivity index (χ1n) is 4.69. The number of hydrogen-bond donors (Lipinski definition) is 2. The van der Waals surface area contributed by atoms with Crippen molar-refractivity contribution in [3.05, 3.63) is 29.8 Å². The lowest BCUT2D eigenvalue weighted by Gasteiger charge is -2.12. The number of amides is 1. The lowest BCUT2D eigenvalue weighted by Crippen LogP contribution is -2.35. The molecule has 4 nitrogen and oxygen atoms in total. The molecular weight excluding hydrogens is 229 g/mol. The van der Waals surface area contributed by atoms with Gasteiger partial charge in [0, 0.05) is 18.7 Å². The predicted octanol–water partition coefficient (Wildman–Crippen LogP) is 1.02. The van der Waals surface area contributed by atoms with E-state index in [-0.39, 0.29) is 11.6 Å². The van der Waals surface area contributed by atoms with Gasteiger partial charge in [-0.15, -0.1) is 0 Å². The summed E-state index contributed by atoms with van der Waals surface area (Å²) in [6.07, 6.45) is 2.73. The van der Waals surface area contributed by atoms with E-state index in [1.165, 1.54) is 12.3 Å². The van der Waals surface area contributed by atoms with Gasteiger partial charge in [0.1, 0.15) is 0 Å². The van der Waals surface area contributed by atoms with Crippen molar-refractivity contribution >= 4 is 23.1 Å². The summed E-state index contributed by atoms with van der Waals surface area (Å²) in [5, 5.41) is 2.59. The molecule has 86 valence electrons. The van der Waals surface area contributed by atoms with Crippen molar-refractivity contribution in [1.29, 1.82) is 0 Å². The Morgan fingerprint density at radius 1 is 1.75 bits per heavy atom. The number of pyridine rings is 1. The number of nitrogens with two attached hydrogens (primary N) is 1. The third-order valence-corrected chi connectivity index (χ3v) is 2.07. The number of thiocarbonyl (C=S) groups is 1. The first-order valence-corrected chi connectivity index (χ1v) is 5.10. The van der Waals surface area contributed by atoms with Crippen molar-refractivity contribution in [2.45, 2.75) is 19.4 Å². The van der Waals surface area contributed by atoms with Gasteiger partial charge in [0.25, 0.3) is 5.91 Å². The average Bonchev–Trinajstić information content (AvgIpc) is 2.16. The summed E-state index contributed by atoms with van der Waals surface area (Å²) in [6.45, 7) is 1.75. The largest absolute Gasteiger partial charge is 0.393 e. The van der Waals surface area contributed by atoms with Crippen LogP contribution < -0.4 is 11.1 Å². The van der Waals surface area contributed by atoms with Gasteiger partial charge in [0.15, 0.2) is 5.82 Å². The maximum atomic E-state index is 13.2. The van der Waals surface area contributed by atoms with Gasteiger partial charge in [-0.3, -0.25) is 9.78 Å². The summed E-state index contributed by atoms with van der Waals surface area (Å²) >= 11 is 4.71. The molecule has 1 heterocycles. The first kappa shape index (κ1) is 12.5. The van der Waals surface area contributed by atoms with E-state index in [4.69, 9.17) is 18.0 Å². The molecule has 1 amide bonds. The lowest BCUT2D eigenvalue weighted by molar-refractivity contribution is 0.0937. The molecule has 1 unspecified atom stereocenters. The molecule has 1 aromatic heterocycles. The Hall–Kier alpha value is -1.56. The fourth-order valence-electron chi connectivity index (χ4n) is 1.21. The Kier molecular flexibility index (Phi) is 4.30. The van der Waals surface area contributed by atoms with E-state index < -0.39 is 11.7 Å². The molecule has 0 saturated carbocycles. The highest BCUT2D eigenvalue weighted by Gasteiger charge is 2.14. The highest BCUT2D eigenvalue weighted by Crippen LogP contribution is 2.05. The molecule has 0 spiro atoms. The molecular formula is C10H12FN3OS. The number of carbonyl (C=O) groups excluding carboxylic acids is 1. The summed E-state index contributed by atoms with van der Waals surface area (Å²) in [5.74, 6) is -1.15. The van der Waals surface area contributed by atoms with Crippen molar-refractivity contribution in [3.8, 4) is 0 Å². The Labute approximate surface area is 98.1 Å². The van der Waals surface area contributed by atoms with Crippen molar-refractivity contribution in [2.75, 3.05) is 0 Å². The second kappa shape index (κ2) is 5.50. The molecule has 0 aliphatic heterocycles. The molecule has 0 aromatic carbocycles. The van der Waals surface area contributed by atoms with Gasteiger partial charge in [0.2, 0.25) is 0 Å². The van der Waals surface area contributed by atoms with E-state index in [2.05, 4.69) is 10.3 Å². The second-order valence-electron chi connectivity index (χ2n) is 3.40. The zero-order valence-electron chi connectivity index (χ0n) is 8.74. The molecule has 1 atom stereocenters. The van der Waals surface area contributed by atoms with Crippen LogP contribution in [0, 0.1) is 5.82 Å². The van der Waals surface area contributed by atoms with Crippen LogP contribution in [-0.2, 0) is 0 Å². The SMILES string of the molecule is CC(CC(N)=S)NC(=O)c1ccncc1F. The first-order chi connectivity index (χ1) is 7.50. The predicted molar refractivity (Wildman–Crippen MR) is 62.5 cm³/mol. The smallest absolute Gasteiger partial charge is 0.254 e. The lowest BCUT2D eigenvalue weighted by atomic mass is 10.2. The van der Waals surface area contributed by atoms with Crippen molar-refractivity contribution in [2.24, 2.45) is 5.73 Å². The van der Waals surface area contributed by atoms with Gasteiger partial charge in [0.05, 0.1) is 16.7 Å². The van der Waals surface area contributed by atoms with Crippen LogP contribution in [0.1, 0.15) is 23.7 Å². The van der Waals surface area contributed by atoms with Crippen LogP contribution in [0.2, 0.25) is 0 Å². The summed E-state index contributed by atoms with van der Waals surface area (Å²) < 4.78 is 13.2. The maximum absolute atomic E-state index is 13.2. The highest BCUT2D eigenvalue weighted by atomic mass is 32.1. The van der Waals surface area contributed by atoms with Crippen LogP contribution in [0.3, 0.4) is 0 Å². The molecule has 0 saturated heterocycles. The molecule has 0 aliphatic carbocycles.